The van der Waals surface area contributed by atoms with E-state index in [4.69, 9.17) is 16.3 Å². The Labute approximate surface area is 138 Å². The lowest BCUT2D eigenvalue weighted by Gasteiger charge is -2.27. The second kappa shape index (κ2) is 5.69. The molecule has 114 valence electrons. The molecule has 0 bridgehead atoms. The van der Waals surface area contributed by atoms with Crippen LogP contribution in [-0.4, -0.2) is 32.1 Å². The van der Waals surface area contributed by atoms with Crippen LogP contribution < -0.4 is 4.90 Å². The smallest absolute Gasteiger partial charge is 0.149 e. The number of morpholine rings is 1. The third-order valence-corrected chi connectivity index (χ3v) is 5.79. The van der Waals surface area contributed by atoms with Gasteiger partial charge >= 0.3 is 0 Å². The Morgan fingerprint density at radius 1 is 1.18 bits per heavy atom. The van der Waals surface area contributed by atoms with Gasteiger partial charge in [-0.1, -0.05) is 23.7 Å². The van der Waals surface area contributed by atoms with E-state index in [-0.39, 0.29) is 11.7 Å². The molecular formula is C17H16ClNO2S. The van der Waals surface area contributed by atoms with E-state index in [1.54, 1.807) is 11.3 Å². The predicted molar refractivity (Wildman–Crippen MR) is 89.4 cm³/mol. The number of ketones is 1. The maximum Gasteiger partial charge on any atom is 0.149 e. The molecule has 2 aliphatic rings. The number of rotatable bonds is 2. The maximum absolute atomic E-state index is 12.4. The van der Waals surface area contributed by atoms with Crippen molar-refractivity contribution in [3.05, 3.63) is 51.4 Å². The van der Waals surface area contributed by atoms with E-state index in [0.29, 0.717) is 11.4 Å². The first kappa shape index (κ1) is 14.2. The van der Waals surface area contributed by atoms with E-state index < -0.39 is 0 Å². The fraction of sp³-hybridized carbons (Fsp3) is 0.353. The molecule has 3 nitrogen and oxygen atoms in total. The first-order valence-corrected chi connectivity index (χ1v) is 8.65. The van der Waals surface area contributed by atoms with E-state index >= 15 is 0 Å². The molecule has 0 spiro atoms. The van der Waals surface area contributed by atoms with Gasteiger partial charge in [0.2, 0.25) is 0 Å². The summed E-state index contributed by atoms with van der Waals surface area (Å²) in [5.41, 5.74) is 2.22. The van der Waals surface area contributed by atoms with Crippen LogP contribution in [-0.2, 0) is 16.0 Å². The van der Waals surface area contributed by atoms with Gasteiger partial charge in [-0.05, 0) is 29.3 Å². The van der Waals surface area contributed by atoms with Gasteiger partial charge in [0, 0.05) is 29.4 Å². The number of fused-ring (bicyclic) bond motifs is 1. The van der Waals surface area contributed by atoms with Crippen molar-refractivity contribution < 1.29 is 9.53 Å². The van der Waals surface area contributed by atoms with Crippen molar-refractivity contribution in [2.75, 3.05) is 31.2 Å². The van der Waals surface area contributed by atoms with Gasteiger partial charge in [0.05, 0.1) is 24.1 Å². The molecule has 2 aromatic rings. The first-order valence-electron chi connectivity index (χ1n) is 7.46. The molecule has 0 radical (unpaired) electrons. The SMILES string of the molecule is O=C1Cc2sc(N3CCOCC3)cc2C1c1ccc(Cl)cc1. The van der Waals surface area contributed by atoms with Gasteiger partial charge in [-0.15, -0.1) is 11.3 Å². The van der Waals surface area contributed by atoms with Gasteiger partial charge < -0.3 is 9.64 Å². The van der Waals surface area contributed by atoms with E-state index in [9.17, 15) is 4.79 Å². The average molecular weight is 334 g/mol. The highest BCUT2D eigenvalue weighted by Gasteiger charge is 2.34. The van der Waals surface area contributed by atoms with Gasteiger partial charge in [-0.3, -0.25) is 4.79 Å². The van der Waals surface area contributed by atoms with Crippen LogP contribution in [0, 0.1) is 0 Å². The molecule has 1 saturated heterocycles. The van der Waals surface area contributed by atoms with Gasteiger partial charge in [-0.2, -0.15) is 0 Å². The summed E-state index contributed by atoms with van der Waals surface area (Å²) in [5, 5.41) is 1.97. The highest BCUT2D eigenvalue weighted by molar-refractivity contribution is 7.16. The van der Waals surface area contributed by atoms with Crippen molar-refractivity contribution in [3.63, 3.8) is 0 Å². The van der Waals surface area contributed by atoms with Crippen LogP contribution >= 0.6 is 22.9 Å². The molecule has 1 unspecified atom stereocenters. The zero-order chi connectivity index (χ0) is 15.1. The molecule has 1 aliphatic heterocycles. The Bertz CT molecular complexity index is 704. The molecule has 1 fully saturated rings. The molecule has 1 aromatic carbocycles. The Morgan fingerprint density at radius 3 is 2.64 bits per heavy atom. The second-order valence-electron chi connectivity index (χ2n) is 5.69. The molecule has 2 heterocycles. The molecule has 22 heavy (non-hydrogen) atoms. The van der Waals surface area contributed by atoms with Crippen molar-refractivity contribution in [2.24, 2.45) is 0 Å². The minimum absolute atomic E-state index is 0.127. The fourth-order valence-electron chi connectivity index (χ4n) is 3.20. The van der Waals surface area contributed by atoms with Crippen molar-refractivity contribution in [1.82, 2.24) is 0 Å². The van der Waals surface area contributed by atoms with E-state index in [0.717, 1.165) is 31.9 Å². The lowest BCUT2D eigenvalue weighted by atomic mass is 9.93. The monoisotopic (exact) mass is 333 g/mol. The number of carbonyl (C=O) groups is 1. The number of carbonyl (C=O) groups excluding carboxylic acids is 1. The minimum Gasteiger partial charge on any atom is -0.378 e. The summed E-state index contributed by atoms with van der Waals surface area (Å²) in [5.74, 6) is 0.162. The molecule has 0 saturated carbocycles. The van der Waals surface area contributed by atoms with Crippen LogP contribution in [0.25, 0.3) is 0 Å². The molecule has 1 atom stereocenters. The van der Waals surface area contributed by atoms with Crippen LogP contribution in [0.3, 0.4) is 0 Å². The number of ether oxygens (including phenoxy) is 1. The van der Waals surface area contributed by atoms with Crippen molar-refractivity contribution in [3.8, 4) is 0 Å². The summed E-state index contributed by atoms with van der Waals surface area (Å²) in [6.45, 7) is 3.42. The third-order valence-electron chi connectivity index (χ3n) is 4.32. The van der Waals surface area contributed by atoms with E-state index in [1.807, 2.05) is 24.3 Å². The standard InChI is InChI=1S/C17H16ClNO2S/c18-12-3-1-11(2-4-12)17-13-9-16(19-5-7-21-8-6-19)22-15(13)10-14(17)20/h1-4,9,17H,5-8,10H2. The third kappa shape index (κ3) is 2.45. The zero-order valence-electron chi connectivity index (χ0n) is 12.0. The van der Waals surface area contributed by atoms with Crippen molar-refractivity contribution in [1.29, 1.82) is 0 Å². The number of halogens is 1. The predicted octanol–water partition coefficient (Wildman–Crippen LogP) is 3.50. The topological polar surface area (TPSA) is 29.5 Å². The van der Waals surface area contributed by atoms with E-state index in [2.05, 4.69) is 11.0 Å². The van der Waals surface area contributed by atoms with Gasteiger partial charge in [-0.25, -0.2) is 0 Å². The molecule has 4 rings (SSSR count). The van der Waals surface area contributed by atoms with E-state index in [1.165, 1.54) is 15.4 Å². The number of Topliss-reactive ketones (excluding diaryl/α,β-unsaturated/α-hetero) is 1. The lowest BCUT2D eigenvalue weighted by molar-refractivity contribution is -0.118. The van der Waals surface area contributed by atoms with Gasteiger partial charge in [0.25, 0.3) is 0 Å². The first-order chi connectivity index (χ1) is 10.7. The Kier molecular flexibility index (Phi) is 3.68. The summed E-state index contributed by atoms with van der Waals surface area (Å²) in [6.07, 6.45) is 0.553. The Balaban J connectivity index is 1.67. The number of nitrogens with zero attached hydrogens (tertiary/aromatic N) is 1. The van der Waals surface area contributed by atoms with Crippen LogP contribution in [0.4, 0.5) is 5.00 Å². The number of hydrogen-bond donors (Lipinski definition) is 0. The molecule has 0 N–H and O–H groups in total. The quantitative estimate of drug-likeness (QED) is 0.842. The Hall–Kier alpha value is -1.36. The molecular weight excluding hydrogens is 318 g/mol. The van der Waals surface area contributed by atoms with Crippen LogP contribution in [0.15, 0.2) is 30.3 Å². The lowest BCUT2D eigenvalue weighted by Crippen LogP contribution is -2.35. The Morgan fingerprint density at radius 2 is 1.91 bits per heavy atom. The van der Waals surface area contributed by atoms with Crippen LogP contribution in [0.5, 0.6) is 0 Å². The second-order valence-corrected chi connectivity index (χ2v) is 7.24. The summed E-state index contributed by atoms with van der Waals surface area (Å²) >= 11 is 7.72. The van der Waals surface area contributed by atoms with Crippen LogP contribution in [0.2, 0.25) is 5.02 Å². The minimum atomic E-state index is -0.127. The number of benzene rings is 1. The number of hydrogen-bond acceptors (Lipinski definition) is 4. The average Bonchev–Trinajstić information content (AvgIpc) is 3.06. The molecule has 5 heteroatoms. The normalized spacial score (nSPS) is 21.2. The molecule has 1 aliphatic carbocycles. The maximum atomic E-state index is 12.4. The summed E-state index contributed by atoms with van der Waals surface area (Å²) in [6, 6.07) is 9.85. The van der Waals surface area contributed by atoms with Gasteiger partial charge in [0.1, 0.15) is 5.78 Å². The number of anilines is 1. The molecule has 0 amide bonds. The van der Waals surface area contributed by atoms with Crippen molar-refractivity contribution in [2.45, 2.75) is 12.3 Å². The van der Waals surface area contributed by atoms with Crippen LogP contribution in [0.1, 0.15) is 21.9 Å². The summed E-state index contributed by atoms with van der Waals surface area (Å²) in [4.78, 5) is 16.0. The fourth-order valence-corrected chi connectivity index (χ4v) is 4.59. The highest BCUT2D eigenvalue weighted by Crippen LogP contribution is 2.43. The zero-order valence-corrected chi connectivity index (χ0v) is 13.6. The summed E-state index contributed by atoms with van der Waals surface area (Å²) in [7, 11) is 0. The largest absolute Gasteiger partial charge is 0.378 e. The summed E-state index contributed by atoms with van der Waals surface area (Å²) < 4.78 is 5.41. The highest BCUT2D eigenvalue weighted by atomic mass is 35.5. The molecule has 1 aromatic heterocycles. The van der Waals surface area contributed by atoms with Gasteiger partial charge in [0.15, 0.2) is 0 Å². The van der Waals surface area contributed by atoms with Crippen molar-refractivity contribution >= 4 is 33.7 Å². The number of thiophene rings is 1.